The van der Waals surface area contributed by atoms with Gasteiger partial charge in [0, 0.05) is 30.9 Å². The SMILES string of the molecule is CC(C)n1cncc1C(CN)N(C)Cc1ccoc1. The van der Waals surface area contributed by atoms with Crippen LogP contribution in [0.5, 0.6) is 0 Å². The Morgan fingerprint density at radius 2 is 2.26 bits per heavy atom. The molecule has 1 unspecified atom stereocenters. The Kier molecular flexibility index (Phi) is 4.39. The predicted molar refractivity (Wildman–Crippen MR) is 74.6 cm³/mol. The maximum atomic E-state index is 5.96. The van der Waals surface area contributed by atoms with Crippen molar-refractivity contribution in [2.24, 2.45) is 5.73 Å². The Balaban J connectivity index is 2.16. The van der Waals surface area contributed by atoms with Gasteiger partial charge >= 0.3 is 0 Å². The number of nitrogens with two attached hydrogens (primary N) is 1. The number of aromatic nitrogens is 2. The number of imidazole rings is 1. The molecular weight excluding hydrogens is 240 g/mol. The third-order valence-electron chi connectivity index (χ3n) is 3.36. The summed E-state index contributed by atoms with van der Waals surface area (Å²) < 4.78 is 7.28. The van der Waals surface area contributed by atoms with Gasteiger partial charge in [0.1, 0.15) is 0 Å². The Labute approximate surface area is 114 Å². The number of likely N-dealkylation sites (N-methyl/N-ethyl adjacent to an activating group) is 1. The Morgan fingerprint density at radius 1 is 1.47 bits per heavy atom. The smallest absolute Gasteiger partial charge is 0.0951 e. The van der Waals surface area contributed by atoms with E-state index in [4.69, 9.17) is 10.2 Å². The van der Waals surface area contributed by atoms with Crippen molar-refractivity contribution in [1.29, 1.82) is 0 Å². The van der Waals surface area contributed by atoms with E-state index in [2.05, 4.69) is 35.3 Å². The summed E-state index contributed by atoms with van der Waals surface area (Å²) in [5.74, 6) is 0. The highest BCUT2D eigenvalue weighted by atomic mass is 16.3. The highest BCUT2D eigenvalue weighted by Crippen LogP contribution is 2.22. The fourth-order valence-corrected chi connectivity index (χ4v) is 2.31. The Hall–Kier alpha value is -1.59. The minimum atomic E-state index is 0.153. The molecule has 0 aliphatic heterocycles. The van der Waals surface area contributed by atoms with Gasteiger partial charge in [-0.25, -0.2) is 4.98 Å². The summed E-state index contributed by atoms with van der Waals surface area (Å²) in [4.78, 5) is 6.48. The third kappa shape index (κ3) is 3.05. The first kappa shape index (κ1) is 13.8. The van der Waals surface area contributed by atoms with Gasteiger partial charge in [-0.15, -0.1) is 0 Å². The molecule has 0 saturated carbocycles. The van der Waals surface area contributed by atoms with Crippen LogP contribution in [-0.4, -0.2) is 28.0 Å². The molecule has 0 aliphatic rings. The van der Waals surface area contributed by atoms with Crippen LogP contribution < -0.4 is 5.73 Å². The molecule has 104 valence electrons. The fourth-order valence-electron chi connectivity index (χ4n) is 2.31. The molecular formula is C14H22N4O. The average Bonchev–Trinajstić information content (AvgIpc) is 3.00. The van der Waals surface area contributed by atoms with Crippen LogP contribution in [0.25, 0.3) is 0 Å². The lowest BCUT2D eigenvalue weighted by Crippen LogP contribution is -2.32. The zero-order valence-electron chi connectivity index (χ0n) is 11.8. The fraction of sp³-hybridized carbons (Fsp3) is 0.500. The first-order valence-electron chi connectivity index (χ1n) is 6.56. The van der Waals surface area contributed by atoms with Crippen molar-refractivity contribution in [1.82, 2.24) is 14.5 Å². The predicted octanol–water partition coefficient (Wildman–Crippen LogP) is 2.19. The quantitative estimate of drug-likeness (QED) is 0.867. The van der Waals surface area contributed by atoms with E-state index in [1.165, 1.54) is 0 Å². The van der Waals surface area contributed by atoms with Crippen LogP contribution >= 0.6 is 0 Å². The maximum absolute atomic E-state index is 5.96. The first-order valence-corrected chi connectivity index (χ1v) is 6.56. The maximum Gasteiger partial charge on any atom is 0.0951 e. The van der Waals surface area contributed by atoms with Crippen molar-refractivity contribution in [3.8, 4) is 0 Å². The zero-order chi connectivity index (χ0) is 13.8. The Morgan fingerprint density at radius 3 is 2.84 bits per heavy atom. The van der Waals surface area contributed by atoms with E-state index in [-0.39, 0.29) is 6.04 Å². The third-order valence-corrected chi connectivity index (χ3v) is 3.36. The number of nitrogens with zero attached hydrogens (tertiary/aromatic N) is 3. The number of hydrogen-bond donors (Lipinski definition) is 1. The summed E-state index contributed by atoms with van der Waals surface area (Å²) in [7, 11) is 2.07. The van der Waals surface area contributed by atoms with Crippen molar-refractivity contribution < 1.29 is 4.42 Å². The van der Waals surface area contributed by atoms with Gasteiger partial charge in [0.05, 0.1) is 30.6 Å². The van der Waals surface area contributed by atoms with E-state index in [9.17, 15) is 0 Å². The van der Waals surface area contributed by atoms with E-state index in [1.807, 2.05) is 18.6 Å². The van der Waals surface area contributed by atoms with Gasteiger partial charge in [-0.05, 0) is 27.0 Å². The second-order valence-corrected chi connectivity index (χ2v) is 5.12. The largest absolute Gasteiger partial charge is 0.472 e. The van der Waals surface area contributed by atoms with Crippen LogP contribution in [0.15, 0.2) is 35.5 Å². The van der Waals surface area contributed by atoms with Crippen LogP contribution in [-0.2, 0) is 6.54 Å². The van der Waals surface area contributed by atoms with Gasteiger partial charge in [-0.1, -0.05) is 0 Å². The van der Waals surface area contributed by atoms with Gasteiger partial charge in [-0.3, -0.25) is 4.90 Å². The molecule has 0 bridgehead atoms. The topological polar surface area (TPSA) is 60.2 Å². The van der Waals surface area contributed by atoms with Crippen LogP contribution in [0.3, 0.4) is 0 Å². The van der Waals surface area contributed by atoms with Crippen molar-refractivity contribution in [2.45, 2.75) is 32.5 Å². The van der Waals surface area contributed by atoms with E-state index < -0.39 is 0 Å². The highest BCUT2D eigenvalue weighted by molar-refractivity contribution is 5.10. The summed E-state index contributed by atoms with van der Waals surface area (Å²) in [6.07, 6.45) is 7.24. The molecule has 0 saturated heterocycles. The molecule has 2 heterocycles. The van der Waals surface area contributed by atoms with Gasteiger partial charge in [0.15, 0.2) is 0 Å². The Bertz CT molecular complexity index is 489. The molecule has 2 aromatic rings. The molecule has 2 aromatic heterocycles. The van der Waals surface area contributed by atoms with Gasteiger partial charge in [0.2, 0.25) is 0 Å². The minimum absolute atomic E-state index is 0.153. The second-order valence-electron chi connectivity index (χ2n) is 5.12. The molecule has 0 aliphatic carbocycles. The van der Waals surface area contributed by atoms with E-state index >= 15 is 0 Å². The van der Waals surface area contributed by atoms with Crippen molar-refractivity contribution in [2.75, 3.05) is 13.6 Å². The lowest BCUT2D eigenvalue weighted by Gasteiger charge is -2.28. The zero-order valence-corrected chi connectivity index (χ0v) is 11.8. The summed E-state index contributed by atoms with van der Waals surface area (Å²) in [6, 6.07) is 2.51. The summed E-state index contributed by atoms with van der Waals surface area (Å²) >= 11 is 0. The molecule has 5 nitrogen and oxygen atoms in total. The van der Waals surface area contributed by atoms with E-state index in [0.717, 1.165) is 17.8 Å². The van der Waals surface area contributed by atoms with Crippen LogP contribution in [0.4, 0.5) is 0 Å². The van der Waals surface area contributed by atoms with Crippen molar-refractivity contribution in [3.05, 3.63) is 42.4 Å². The molecule has 5 heteroatoms. The van der Waals surface area contributed by atoms with Gasteiger partial charge in [-0.2, -0.15) is 0 Å². The molecule has 19 heavy (non-hydrogen) atoms. The standard InChI is InChI=1S/C14H22N4O/c1-11(2)18-10-16-7-14(18)13(6-15)17(3)8-12-4-5-19-9-12/h4-5,7,9-11,13H,6,8,15H2,1-3H3. The molecule has 0 radical (unpaired) electrons. The number of hydrogen-bond acceptors (Lipinski definition) is 4. The summed E-state index contributed by atoms with van der Waals surface area (Å²) in [5, 5.41) is 0. The lowest BCUT2D eigenvalue weighted by molar-refractivity contribution is 0.230. The molecule has 2 N–H and O–H groups in total. The monoisotopic (exact) mass is 262 g/mol. The molecule has 0 amide bonds. The highest BCUT2D eigenvalue weighted by Gasteiger charge is 2.20. The van der Waals surface area contributed by atoms with Gasteiger partial charge in [0.25, 0.3) is 0 Å². The second kappa shape index (κ2) is 6.04. The molecule has 0 fully saturated rings. The summed E-state index contributed by atoms with van der Waals surface area (Å²) in [5.41, 5.74) is 8.26. The van der Waals surface area contributed by atoms with Crippen molar-refractivity contribution in [3.63, 3.8) is 0 Å². The van der Waals surface area contributed by atoms with E-state index in [0.29, 0.717) is 12.6 Å². The summed E-state index contributed by atoms with van der Waals surface area (Å²) in [6.45, 7) is 5.66. The van der Waals surface area contributed by atoms with Crippen molar-refractivity contribution >= 4 is 0 Å². The molecule has 1 atom stereocenters. The van der Waals surface area contributed by atoms with Crippen LogP contribution in [0.1, 0.15) is 37.2 Å². The first-order chi connectivity index (χ1) is 9.13. The van der Waals surface area contributed by atoms with Gasteiger partial charge < -0.3 is 14.7 Å². The average molecular weight is 262 g/mol. The normalized spacial score (nSPS) is 13.4. The van der Waals surface area contributed by atoms with Crippen LogP contribution in [0.2, 0.25) is 0 Å². The van der Waals surface area contributed by atoms with E-state index in [1.54, 1.807) is 12.5 Å². The lowest BCUT2D eigenvalue weighted by atomic mass is 10.1. The van der Waals surface area contributed by atoms with Crippen LogP contribution in [0, 0.1) is 0 Å². The molecule has 0 spiro atoms. The minimum Gasteiger partial charge on any atom is -0.472 e. The molecule has 0 aromatic carbocycles. The number of rotatable bonds is 6. The molecule has 2 rings (SSSR count). The number of furan rings is 1.